The largest absolute Gasteiger partial charge is 0.317 e. The van der Waals surface area contributed by atoms with E-state index in [2.05, 4.69) is 23.6 Å². The van der Waals surface area contributed by atoms with Crippen LogP contribution >= 0.6 is 0 Å². The van der Waals surface area contributed by atoms with E-state index in [-0.39, 0.29) is 0 Å². The zero-order valence-electron chi connectivity index (χ0n) is 8.08. The van der Waals surface area contributed by atoms with Crippen molar-refractivity contribution < 1.29 is 0 Å². The Labute approximate surface area is 75.4 Å². The molecule has 0 bridgehead atoms. The van der Waals surface area contributed by atoms with Gasteiger partial charge in [0.1, 0.15) is 0 Å². The molecule has 1 unspecified atom stereocenters. The van der Waals surface area contributed by atoms with Gasteiger partial charge in [-0.05, 0) is 18.9 Å². The molecule has 1 rings (SSSR count). The van der Waals surface area contributed by atoms with Gasteiger partial charge in [0.05, 0.1) is 0 Å². The Bertz CT molecular complexity index is 169. The molecule has 1 aliphatic rings. The second kappa shape index (κ2) is 4.47. The second-order valence-electron chi connectivity index (χ2n) is 4.15. The molecule has 2 heteroatoms. The standard InChI is InChI=1S/C10H18N2/c1-9(2)7-12-5-4-10(8-12)6-11-3/h9-10H,4-8H2,1-2H3. The average Bonchev–Trinajstić information content (AvgIpc) is 2.36. The number of nitrogens with zero attached hydrogens (tertiary/aromatic N) is 2. The van der Waals surface area contributed by atoms with Crippen LogP contribution in [-0.4, -0.2) is 31.1 Å². The van der Waals surface area contributed by atoms with E-state index in [1.54, 1.807) is 0 Å². The minimum atomic E-state index is 0.654. The van der Waals surface area contributed by atoms with Crippen LogP contribution in [0.1, 0.15) is 20.3 Å². The van der Waals surface area contributed by atoms with Crippen LogP contribution in [0.25, 0.3) is 4.85 Å². The highest BCUT2D eigenvalue weighted by Crippen LogP contribution is 2.17. The molecule has 0 aromatic heterocycles. The van der Waals surface area contributed by atoms with E-state index in [1.807, 2.05) is 0 Å². The molecule has 0 radical (unpaired) electrons. The smallest absolute Gasteiger partial charge is 0.218 e. The second-order valence-corrected chi connectivity index (χ2v) is 4.15. The molecular formula is C10H18N2. The zero-order chi connectivity index (χ0) is 8.97. The van der Waals surface area contributed by atoms with E-state index in [0.717, 1.165) is 19.0 Å². The summed E-state index contributed by atoms with van der Waals surface area (Å²) in [5.74, 6) is 1.41. The molecule has 1 heterocycles. The van der Waals surface area contributed by atoms with Gasteiger partial charge < -0.3 is 9.74 Å². The first-order valence-electron chi connectivity index (χ1n) is 4.78. The van der Waals surface area contributed by atoms with Crippen LogP contribution in [0.2, 0.25) is 0 Å². The van der Waals surface area contributed by atoms with Crippen molar-refractivity contribution in [1.29, 1.82) is 0 Å². The van der Waals surface area contributed by atoms with Gasteiger partial charge in [-0.25, -0.2) is 6.57 Å². The van der Waals surface area contributed by atoms with Gasteiger partial charge in [0.25, 0.3) is 0 Å². The van der Waals surface area contributed by atoms with E-state index in [1.165, 1.54) is 19.5 Å². The fraction of sp³-hybridized carbons (Fsp3) is 0.900. The van der Waals surface area contributed by atoms with Crippen molar-refractivity contribution in [3.63, 3.8) is 0 Å². The third-order valence-electron chi connectivity index (χ3n) is 2.34. The lowest BCUT2D eigenvalue weighted by Crippen LogP contribution is -2.25. The monoisotopic (exact) mass is 166 g/mol. The summed E-state index contributed by atoms with van der Waals surface area (Å²) in [7, 11) is 0. The fourth-order valence-electron chi connectivity index (χ4n) is 1.87. The van der Waals surface area contributed by atoms with E-state index in [0.29, 0.717) is 5.92 Å². The Balaban J connectivity index is 2.22. The molecule has 68 valence electrons. The minimum Gasteiger partial charge on any atom is -0.317 e. The predicted octanol–water partition coefficient (Wildman–Crippen LogP) is 1.88. The van der Waals surface area contributed by atoms with E-state index in [9.17, 15) is 0 Å². The molecule has 1 atom stereocenters. The molecule has 1 aliphatic heterocycles. The quantitative estimate of drug-likeness (QED) is 0.581. The zero-order valence-corrected chi connectivity index (χ0v) is 8.08. The topological polar surface area (TPSA) is 7.60 Å². The lowest BCUT2D eigenvalue weighted by atomic mass is 10.1. The fourth-order valence-corrected chi connectivity index (χ4v) is 1.87. The van der Waals surface area contributed by atoms with Crippen molar-refractivity contribution in [1.82, 2.24) is 4.90 Å². The maximum absolute atomic E-state index is 6.78. The van der Waals surface area contributed by atoms with Crippen molar-refractivity contribution >= 4 is 0 Å². The Kier molecular flexibility index (Phi) is 3.55. The molecule has 0 aliphatic carbocycles. The first kappa shape index (κ1) is 9.54. The lowest BCUT2D eigenvalue weighted by molar-refractivity contribution is 0.289. The van der Waals surface area contributed by atoms with Crippen LogP contribution in [0.15, 0.2) is 0 Å². The van der Waals surface area contributed by atoms with Crippen molar-refractivity contribution in [3.05, 3.63) is 11.4 Å². The highest BCUT2D eigenvalue weighted by Gasteiger charge is 2.24. The number of hydrogen-bond acceptors (Lipinski definition) is 1. The summed E-state index contributed by atoms with van der Waals surface area (Å²) in [6, 6.07) is 0. The lowest BCUT2D eigenvalue weighted by Gasteiger charge is -2.16. The normalized spacial score (nSPS) is 24.7. The molecule has 0 spiro atoms. The molecular weight excluding hydrogens is 148 g/mol. The van der Waals surface area contributed by atoms with Crippen molar-refractivity contribution in [2.24, 2.45) is 11.8 Å². The van der Waals surface area contributed by atoms with Crippen LogP contribution in [0, 0.1) is 18.4 Å². The van der Waals surface area contributed by atoms with E-state index < -0.39 is 0 Å². The van der Waals surface area contributed by atoms with Crippen LogP contribution < -0.4 is 0 Å². The first-order valence-corrected chi connectivity index (χ1v) is 4.78. The average molecular weight is 166 g/mol. The van der Waals surface area contributed by atoms with Gasteiger partial charge in [0.15, 0.2) is 0 Å². The number of rotatable bonds is 3. The summed E-state index contributed by atoms with van der Waals surface area (Å²) >= 11 is 0. The molecule has 1 saturated heterocycles. The van der Waals surface area contributed by atoms with Gasteiger partial charge in [-0.15, -0.1) is 0 Å². The van der Waals surface area contributed by atoms with Gasteiger partial charge in [0.2, 0.25) is 6.54 Å². The van der Waals surface area contributed by atoms with Gasteiger partial charge in [-0.1, -0.05) is 13.8 Å². The van der Waals surface area contributed by atoms with Gasteiger partial charge >= 0.3 is 0 Å². The molecule has 1 fully saturated rings. The van der Waals surface area contributed by atoms with Crippen LogP contribution in [-0.2, 0) is 0 Å². The van der Waals surface area contributed by atoms with E-state index in [4.69, 9.17) is 6.57 Å². The van der Waals surface area contributed by atoms with E-state index >= 15 is 0 Å². The molecule has 12 heavy (non-hydrogen) atoms. The summed E-state index contributed by atoms with van der Waals surface area (Å²) in [4.78, 5) is 5.94. The van der Waals surface area contributed by atoms with Crippen LogP contribution in [0.4, 0.5) is 0 Å². The maximum atomic E-state index is 6.78. The molecule has 0 aromatic rings. The Morgan fingerprint density at radius 2 is 2.33 bits per heavy atom. The first-order chi connectivity index (χ1) is 5.72. The number of likely N-dealkylation sites (tertiary alicyclic amines) is 1. The van der Waals surface area contributed by atoms with Crippen LogP contribution in [0.5, 0.6) is 0 Å². The third kappa shape index (κ3) is 2.83. The van der Waals surface area contributed by atoms with Gasteiger partial charge in [-0.2, -0.15) is 0 Å². The predicted molar refractivity (Wildman–Crippen MR) is 50.9 cm³/mol. The third-order valence-corrected chi connectivity index (χ3v) is 2.34. The molecule has 0 saturated carbocycles. The SMILES string of the molecule is [C-]#[N+]CC1CCN(CC(C)C)C1. The Hall–Kier alpha value is -0.550. The summed E-state index contributed by atoms with van der Waals surface area (Å²) in [6.45, 7) is 15.6. The summed E-state index contributed by atoms with van der Waals surface area (Å²) in [5.41, 5.74) is 0. The van der Waals surface area contributed by atoms with Crippen molar-refractivity contribution in [2.45, 2.75) is 20.3 Å². The molecule has 2 nitrogen and oxygen atoms in total. The Morgan fingerprint density at radius 1 is 1.58 bits per heavy atom. The van der Waals surface area contributed by atoms with Crippen molar-refractivity contribution in [2.75, 3.05) is 26.2 Å². The highest BCUT2D eigenvalue weighted by molar-refractivity contribution is 4.81. The molecule has 0 N–H and O–H groups in total. The Morgan fingerprint density at radius 3 is 2.92 bits per heavy atom. The summed E-state index contributed by atoms with van der Waals surface area (Å²) < 4.78 is 0. The summed E-state index contributed by atoms with van der Waals surface area (Å²) in [6.07, 6.45) is 1.23. The van der Waals surface area contributed by atoms with Crippen molar-refractivity contribution in [3.8, 4) is 0 Å². The minimum absolute atomic E-state index is 0.654. The molecule has 0 amide bonds. The van der Waals surface area contributed by atoms with Gasteiger partial charge in [-0.3, -0.25) is 0 Å². The number of hydrogen-bond donors (Lipinski definition) is 0. The molecule has 0 aromatic carbocycles. The highest BCUT2D eigenvalue weighted by atomic mass is 15.1. The maximum Gasteiger partial charge on any atom is 0.218 e. The summed E-state index contributed by atoms with van der Waals surface area (Å²) in [5, 5.41) is 0. The van der Waals surface area contributed by atoms with Gasteiger partial charge in [0, 0.05) is 19.0 Å². The van der Waals surface area contributed by atoms with Crippen LogP contribution in [0.3, 0.4) is 0 Å².